The molecule has 0 aliphatic heterocycles. The fourth-order valence-electron chi connectivity index (χ4n) is 3.02. The van der Waals surface area contributed by atoms with Crippen LogP contribution in [-0.2, 0) is 19.4 Å². The van der Waals surface area contributed by atoms with E-state index < -0.39 is 0 Å². The molecule has 1 aliphatic carbocycles. The van der Waals surface area contributed by atoms with E-state index in [1.54, 1.807) is 0 Å². The molecule has 0 fully saturated rings. The molecule has 2 atom stereocenters. The monoisotopic (exact) mass is 289 g/mol. The summed E-state index contributed by atoms with van der Waals surface area (Å²) >= 11 is 0. The summed E-state index contributed by atoms with van der Waals surface area (Å²) < 4.78 is 7.44. The largest absolute Gasteiger partial charge is 0.338 e. The summed E-state index contributed by atoms with van der Waals surface area (Å²) in [6.45, 7) is 7.17. The van der Waals surface area contributed by atoms with Crippen molar-refractivity contribution >= 4 is 0 Å². The van der Waals surface area contributed by atoms with Crippen LogP contribution in [0.1, 0.15) is 68.7 Å². The van der Waals surface area contributed by atoms with Gasteiger partial charge in [0, 0.05) is 30.3 Å². The van der Waals surface area contributed by atoms with E-state index in [9.17, 15) is 0 Å². The Bertz CT molecular complexity index is 603. The molecule has 0 bridgehead atoms. The van der Waals surface area contributed by atoms with Crippen molar-refractivity contribution in [3.63, 3.8) is 0 Å². The lowest BCUT2D eigenvalue weighted by Crippen LogP contribution is -2.28. The number of rotatable bonds is 5. The van der Waals surface area contributed by atoms with Crippen molar-refractivity contribution in [3.05, 3.63) is 29.2 Å². The van der Waals surface area contributed by atoms with Crippen LogP contribution in [0.3, 0.4) is 0 Å². The van der Waals surface area contributed by atoms with E-state index in [0.29, 0.717) is 11.9 Å². The maximum atomic E-state index is 5.33. The molecule has 2 aromatic heterocycles. The standard InChI is InChI=1S/C15H23N5O/c1-4-14-18-15(21-19-14)10(3)17-12-7-6-8-13-11(12)9-16-20(13)5-2/h9-10,12,17H,4-8H2,1-3H3/t10-,12+/m0/s1. The van der Waals surface area contributed by atoms with Crippen molar-refractivity contribution < 1.29 is 4.52 Å². The maximum Gasteiger partial charge on any atom is 0.243 e. The van der Waals surface area contributed by atoms with Gasteiger partial charge in [-0.15, -0.1) is 0 Å². The fraction of sp³-hybridized carbons (Fsp3) is 0.667. The van der Waals surface area contributed by atoms with Gasteiger partial charge < -0.3 is 4.52 Å². The number of hydrogen-bond acceptors (Lipinski definition) is 5. The quantitative estimate of drug-likeness (QED) is 0.916. The van der Waals surface area contributed by atoms with Crippen LogP contribution >= 0.6 is 0 Å². The van der Waals surface area contributed by atoms with Crippen LogP contribution in [0.15, 0.2) is 10.7 Å². The van der Waals surface area contributed by atoms with E-state index in [2.05, 4.69) is 39.1 Å². The number of nitrogens with one attached hydrogen (secondary N) is 1. The average molecular weight is 289 g/mol. The lowest BCUT2D eigenvalue weighted by Gasteiger charge is -2.26. The summed E-state index contributed by atoms with van der Waals surface area (Å²) in [4.78, 5) is 4.41. The highest BCUT2D eigenvalue weighted by Crippen LogP contribution is 2.31. The summed E-state index contributed by atoms with van der Waals surface area (Å²) in [5, 5.41) is 12.1. The Balaban J connectivity index is 1.75. The highest BCUT2D eigenvalue weighted by atomic mass is 16.5. The molecule has 114 valence electrons. The second-order valence-electron chi connectivity index (χ2n) is 5.60. The second-order valence-corrected chi connectivity index (χ2v) is 5.60. The molecule has 3 rings (SSSR count). The van der Waals surface area contributed by atoms with Gasteiger partial charge in [-0.25, -0.2) is 0 Å². The predicted molar refractivity (Wildman–Crippen MR) is 78.8 cm³/mol. The molecular formula is C15H23N5O. The normalized spacial score (nSPS) is 19.5. The van der Waals surface area contributed by atoms with E-state index in [0.717, 1.165) is 31.6 Å². The summed E-state index contributed by atoms with van der Waals surface area (Å²) in [6, 6.07) is 0.375. The Hall–Kier alpha value is -1.69. The van der Waals surface area contributed by atoms with E-state index in [1.807, 2.05) is 13.1 Å². The van der Waals surface area contributed by atoms with E-state index in [1.165, 1.54) is 17.7 Å². The molecule has 6 nitrogen and oxygen atoms in total. The Morgan fingerprint density at radius 2 is 2.33 bits per heavy atom. The van der Waals surface area contributed by atoms with Gasteiger partial charge in [0.1, 0.15) is 0 Å². The van der Waals surface area contributed by atoms with Crippen molar-refractivity contribution in [1.82, 2.24) is 25.2 Å². The highest BCUT2D eigenvalue weighted by molar-refractivity contribution is 5.25. The zero-order chi connectivity index (χ0) is 14.8. The molecular weight excluding hydrogens is 266 g/mol. The van der Waals surface area contributed by atoms with Crippen LogP contribution in [-0.4, -0.2) is 19.9 Å². The SMILES string of the molecule is CCc1noc([C@H](C)N[C@@H]2CCCc3c2cnn3CC)n1. The summed E-state index contributed by atoms with van der Waals surface area (Å²) in [5.41, 5.74) is 2.69. The van der Waals surface area contributed by atoms with Crippen molar-refractivity contribution in [2.75, 3.05) is 0 Å². The minimum absolute atomic E-state index is 0.0544. The second kappa shape index (κ2) is 5.97. The lowest BCUT2D eigenvalue weighted by atomic mass is 9.92. The van der Waals surface area contributed by atoms with Gasteiger partial charge in [-0.05, 0) is 33.1 Å². The molecule has 0 amide bonds. The number of fused-ring (bicyclic) bond motifs is 1. The highest BCUT2D eigenvalue weighted by Gasteiger charge is 2.26. The van der Waals surface area contributed by atoms with Crippen molar-refractivity contribution in [1.29, 1.82) is 0 Å². The summed E-state index contributed by atoms with van der Waals surface area (Å²) in [5.74, 6) is 1.43. The van der Waals surface area contributed by atoms with Crippen molar-refractivity contribution in [2.45, 2.75) is 65.1 Å². The van der Waals surface area contributed by atoms with Crippen LogP contribution in [0.25, 0.3) is 0 Å². The molecule has 2 heterocycles. The van der Waals surface area contributed by atoms with Crippen LogP contribution in [0.2, 0.25) is 0 Å². The summed E-state index contributed by atoms with van der Waals surface area (Å²) in [7, 11) is 0. The van der Waals surface area contributed by atoms with Crippen LogP contribution < -0.4 is 5.32 Å². The van der Waals surface area contributed by atoms with Gasteiger partial charge in [-0.1, -0.05) is 12.1 Å². The van der Waals surface area contributed by atoms with Crippen LogP contribution in [0, 0.1) is 0 Å². The Kier molecular flexibility index (Phi) is 4.05. The van der Waals surface area contributed by atoms with E-state index >= 15 is 0 Å². The zero-order valence-corrected chi connectivity index (χ0v) is 13.0. The number of hydrogen-bond donors (Lipinski definition) is 1. The molecule has 0 saturated carbocycles. The van der Waals surface area contributed by atoms with Gasteiger partial charge >= 0.3 is 0 Å². The van der Waals surface area contributed by atoms with Gasteiger partial charge in [0.05, 0.1) is 12.2 Å². The molecule has 1 N–H and O–H groups in total. The average Bonchev–Trinajstić information content (AvgIpc) is 3.14. The molecule has 6 heteroatoms. The molecule has 21 heavy (non-hydrogen) atoms. The Labute approximate surface area is 124 Å². The van der Waals surface area contributed by atoms with Gasteiger partial charge in [-0.2, -0.15) is 10.1 Å². The van der Waals surface area contributed by atoms with Crippen LogP contribution in [0.4, 0.5) is 0 Å². The minimum Gasteiger partial charge on any atom is -0.338 e. The third-order valence-electron chi connectivity index (χ3n) is 4.18. The number of nitrogens with zero attached hydrogens (tertiary/aromatic N) is 4. The molecule has 1 aliphatic rings. The molecule has 0 spiro atoms. The topological polar surface area (TPSA) is 68.8 Å². The predicted octanol–water partition coefficient (Wildman–Crippen LogP) is 2.58. The van der Waals surface area contributed by atoms with Crippen LogP contribution in [0.5, 0.6) is 0 Å². The van der Waals surface area contributed by atoms with Gasteiger partial charge in [0.2, 0.25) is 5.89 Å². The first-order valence-corrected chi connectivity index (χ1v) is 7.86. The lowest BCUT2D eigenvalue weighted by molar-refractivity contribution is 0.312. The first-order chi connectivity index (χ1) is 10.2. The molecule has 2 aromatic rings. The molecule has 0 unspecified atom stereocenters. The van der Waals surface area contributed by atoms with E-state index in [-0.39, 0.29) is 6.04 Å². The van der Waals surface area contributed by atoms with Gasteiger partial charge in [-0.3, -0.25) is 10.00 Å². The zero-order valence-electron chi connectivity index (χ0n) is 13.0. The van der Waals surface area contributed by atoms with Crippen molar-refractivity contribution in [3.8, 4) is 0 Å². The molecule has 0 saturated heterocycles. The van der Waals surface area contributed by atoms with Gasteiger partial charge in [0.15, 0.2) is 5.82 Å². The molecule has 0 radical (unpaired) electrons. The third kappa shape index (κ3) is 2.72. The van der Waals surface area contributed by atoms with Crippen molar-refractivity contribution in [2.24, 2.45) is 0 Å². The first-order valence-electron chi connectivity index (χ1n) is 7.86. The smallest absolute Gasteiger partial charge is 0.243 e. The Morgan fingerprint density at radius 1 is 1.48 bits per heavy atom. The number of aromatic nitrogens is 4. The number of aryl methyl sites for hydroxylation is 2. The Morgan fingerprint density at radius 3 is 3.05 bits per heavy atom. The first kappa shape index (κ1) is 14.3. The molecule has 0 aromatic carbocycles. The maximum absolute atomic E-state index is 5.33. The minimum atomic E-state index is 0.0544. The third-order valence-corrected chi connectivity index (χ3v) is 4.18. The summed E-state index contributed by atoms with van der Waals surface area (Å²) in [6.07, 6.45) is 6.24. The fourth-order valence-corrected chi connectivity index (χ4v) is 3.02. The van der Waals surface area contributed by atoms with E-state index in [4.69, 9.17) is 4.52 Å². The van der Waals surface area contributed by atoms with Gasteiger partial charge in [0.25, 0.3) is 0 Å².